The van der Waals surface area contributed by atoms with Crippen molar-refractivity contribution in [3.8, 4) is 0 Å². The Balaban J connectivity index is 2.81. The number of hydrogen-bond acceptors (Lipinski definition) is 0. The predicted molar refractivity (Wildman–Crippen MR) is 77.4 cm³/mol. The van der Waals surface area contributed by atoms with E-state index in [2.05, 4.69) is 71.0 Å². The highest BCUT2D eigenvalue weighted by molar-refractivity contribution is 5.34. The van der Waals surface area contributed by atoms with Crippen LogP contribution in [-0.4, -0.2) is 0 Å². The Bertz CT molecular complexity index is 422. The molecule has 1 atom stereocenters. The molecule has 0 aliphatic rings. The molecule has 0 fully saturated rings. The topological polar surface area (TPSA) is 0 Å². The van der Waals surface area contributed by atoms with E-state index in [1.54, 1.807) is 0 Å². The van der Waals surface area contributed by atoms with Crippen molar-refractivity contribution in [3.05, 3.63) is 58.7 Å². The largest absolute Gasteiger partial charge is 0.0877 e. The SMILES string of the molecule is C/C=C\C=C(/C)C(C)Cc1cccc(C)c1C. The minimum absolute atomic E-state index is 0.603. The van der Waals surface area contributed by atoms with Crippen LogP contribution < -0.4 is 0 Å². The number of aryl methyl sites for hydroxylation is 1. The van der Waals surface area contributed by atoms with Gasteiger partial charge in [0.15, 0.2) is 0 Å². The Morgan fingerprint density at radius 2 is 2.00 bits per heavy atom. The zero-order valence-electron chi connectivity index (χ0n) is 11.7. The lowest BCUT2D eigenvalue weighted by atomic mass is 9.91. The molecule has 1 rings (SSSR count). The number of benzene rings is 1. The fourth-order valence-electron chi connectivity index (χ4n) is 1.94. The molecule has 0 aromatic heterocycles. The normalized spacial score (nSPS) is 14.3. The zero-order chi connectivity index (χ0) is 12.8. The average molecular weight is 228 g/mol. The molecule has 17 heavy (non-hydrogen) atoms. The molecule has 0 bridgehead atoms. The highest BCUT2D eigenvalue weighted by atomic mass is 14.1. The van der Waals surface area contributed by atoms with Gasteiger partial charge in [0.05, 0.1) is 0 Å². The third-order valence-corrected chi connectivity index (χ3v) is 3.57. The zero-order valence-corrected chi connectivity index (χ0v) is 11.7. The smallest absolute Gasteiger partial charge is 0.0191 e. The molecule has 1 aromatic rings. The summed E-state index contributed by atoms with van der Waals surface area (Å²) in [6, 6.07) is 6.60. The van der Waals surface area contributed by atoms with E-state index in [4.69, 9.17) is 0 Å². The van der Waals surface area contributed by atoms with Crippen molar-refractivity contribution < 1.29 is 0 Å². The monoisotopic (exact) mass is 228 g/mol. The summed E-state index contributed by atoms with van der Waals surface area (Å²) in [5.74, 6) is 0.603. The molecule has 1 aromatic carbocycles. The fraction of sp³-hybridized carbons (Fsp3) is 0.412. The van der Waals surface area contributed by atoms with Crippen LogP contribution in [0.2, 0.25) is 0 Å². The van der Waals surface area contributed by atoms with Gasteiger partial charge in [0.1, 0.15) is 0 Å². The van der Waals surface area contributed by atoms with Gasteiger partial charge in [0.2, 0.25) is 0 Å². The van der Waals surface area contributed by atoms with Gasteiger partial charge in [0.25, 0.3) is 0 Å². The minimum atomic E-state index is 0.603. The van der Waals surface area contributed by atoms with Crippen LogP contribution in [0.15, 0.2) is 42.0 Å². The van der Waals surface area contributed by atoms with Gasteiger partial charge < -0.3 is 0 Å². The fourth-order valence-corrected chi connectivity index (χ4v) is 1.94. The van der Waals surface area contributed by atoms with Gasteiger partial charge in [-0.25, -0.2) is 0 Å². The lowest BCUT2D eigenvalue weighted by Gasteiger charge is -2.15. The van der Waals surface area contributed by atoms with Crippen LogP contribution >= 0.6 is 0 Å². The Hall–Kier alpha value is -1.30. The van der Waals surface area contributed by atoms with Crippen molar-refractivity contribution in [2.45, 2.75) is 41.0 Å². The highest BCUT2D eigenvalue weighted by Gasteiger charge is 2.08. The second-order valence-electron chi connectivity index (χ2n) is 4.90. The first kappa shape index (κ1) is 13.8. The van der Waals surface area contributed by atoms with Gasteiger partial charge in [-0.15, -0.1) is 0 Å². The van der Waals surface area contributed by atoms with E-state index in [1.807, 2.05) is 0 Å². The van der Waals surface area contributed by atoms with Crippen molar-refractivity contribution in [2.24, 2.45) is 5.92 Å². The molecule has 0 nitrogen and oxygen atoms in total. The van der Waals surface area contributed by atoms with Gasteiger partial charge in [0, 0.05) is 0 Å². The summed E-state index contributed by atoms with van der Waals surface area (Å²) in [6.45, 7) is 11.0. The van der Waals surface area contributed by atoms with Gasteiger partial charge in [-0.1, -0.05) is 48.9 Å². The second kappa shape index (κ2) is 6.44. The lowest BCUT2D eigenvalue weighted by molar-refractivity contribution is 0.674. The van der Waals surface area contributed by atoms with Crippen molar-refractivity contribution in [1.29, 1.82) is 0 Å². The summed E-state index contributed by atoms with van der Waals surface area (Å²) < 4.78 is 0. The number of allylic oxidation sites excluding steroid dienone is 4. The Labute approximate surface area is 106 Å². The summed E-state index contributed by atoms with van der Waals surface area (Å²) in [5, 5.41) is 0. The standard InChI is InChI=1S/C17H24/c1-6-7-9-13(2)15(4)12-17-11-8-10-14(3)16(17)5/h6-11,15H,12H2,1-5H3/b7-6-,13-9+. The highest BCUT2D eigenvalue weighted by Crippen LogP contribution is 2.20. The van der Waals surface area contributed by atoms with Crippen molar-refractivity contribution in [2.75, 3.05) is 0 Å². The minimum Gasteiger partial charge on any atom is -0.0877 e. The summed E-state index contributed by atoms with van der Waals surface area (Å²) >= 11 is 0. The van der Waals surface area contributed by atoms with Crippen molar-refractivity contribution in [3.63, 3.8) is 0 Å². The molecule has 1 unspecified atom stereocenters. The Morgan fingerprint density at radius 1 is 1.29 bits per heavy atom. The number of rotatable bonds is 4. The van der Waals surface area contributed by atoms with Gasteiger partial charge in [-0.05, 0) is 56.7 Å². The average Bonchev–Trinajstić information content (AvgIpc) is 2.31. The van der Waals surface area contributed by atoms with Crippen LogP contribution in [-0.2, 0) is 6.42 Å². The molecule has 0 N–H and O–H groups in total. The van der Waals surface area contributed by atoms with Crippen LogP contribution in [0.4, 0.5) is 0 Å². The predicted octanol–water partition coefficient (Wildman–Crippen LogP) is 5.00. The molecule has 0 heteroatoms. The Morgan fingerprint density at radius 3 is 2.65 bits per heavy atom. The van der Waals surface area contributed by atoms with E-state index in [0.717, 1.165) is 6.42 Å². The quantitative estimate of drug-likeness (QED) is 0.636. The van der Waals surface area contributed by atoms with Crippen LogP contribution in [0.1, 0.15) is 37.5 Å². The third-order valence-electron chi connectivity index (χ3n) is 3.57. The van der Waals surface area contributed by atoms with E-state index in [1.165, 1.54) is 22.3 Å². The summed E-state index contributed by atoms with van der Waals surface area (Å²) in [4.78, 5) is 0. The molecule has 92 valence electrons. The third kappa shape index (κ3) is 3.89. The maximum atomic E-state index is 2.30. The summed E-state index contributed by atoms with van der Waals surface area (Å²) in [7, 11) is 0. The molecule has 0 heterocycles. The molecule has 0 saturated carbocycles. The van der Waals surface area contributed by atoms with Gasteiger partial charge >= 0.3 is 0 Å². The molecule has 0 aliphatic carbocycles. The summed E-state index contributed by atoms with van der Waals surface area (Å²) in [5.41, 5.74) is 5.76. The van der Waals surface area contributed by atoms with Gasteiger partial charge in [-0.3, -0.25) is 0 Å². The lowest BCUT2D eigenvalue weighted by Crippen LogP contribution is -2.03. The molecule has 0 amide bonds. The first-order valence-corrected chi connectivity index (χ1v) is 6.40. The second-order valence-corrected chi connectivity index (χ2v) is 4.90. The van der Waals surface area contributed by atoms with Crippen LogP contribution in [0.3, 0.4) is 0 Å². The van der Waals surface area contributed by atoms with Crippen LogP contribution in [0.25, 0.3) is 0 Å². The molecule has 0 saturated heterocycles. The van der Waals surface area contributed by atoms with E-state index >= 15 is 0 Å². The maximum absolute atomic E-state index is 2.30. The van der Waals surface area contributed by atoms with E-state index in [-0.39, 0.29) is 0 Å². The Kier molecular flexibility index (Phi) is 5.21. The van der Waals surface area contributed by atoms with Crippen molar-refractivity contribution >= 4 is 0 Å². The molecule has 0 aliphatic heterocycles. The van der Waals surface area contributed by atoms with E-state index in [0.29, 0.717) is 5.92 Å². The molecule has 0 radical (unpaired) electrons. The molecule has 0 spiro atoms. The maximum Gasteiger partial charge on any atom is -0.0191 e. The molecular formula is C17H24. The van der Waals surface area contributed by atoms with Crippen LogP contribution in [0.5, 0.6) is 0 Å². The first-order valence-electron chi connectivity index (χ1n) is 6.40. The van der Waals surface area contributed by atoms with Crippen LogP contribution in [0, 0.1) is 19.8 Å². The van der Waals surface area contributed by atoms with Crippen molar-refractivity contribution in [1.82, 2.24) is 0 Å². The first-order chi connectivity index (χ1) is 8.06. The van der Waals surface area contributed by atoms with Gasteiger partial charge in [-0.2, -0.15) is 0 Å². The summed E-state index contributed by atoms with van der Waals surface area (Å²) in [6.07, 6.45) is 7.55. The molecular weight excluding hydrogens is 204 g/mol. The van der Waals surface area contributed by atoms with E-state index < -0.39 is 0 Å². The number of hydrogen-bond donors (Lipinski definition) is 0. The van der Waals surface area contributed by atoms with E-state index in [9.17, 15) is 0 Å².